The van der Waals surface area contributed by atoms with Crippen molar-refractivity contribution in [2.24, 2.45) is 0 Å². The molecule has 0 radical (unpaired) electrons. The van der Waals surface area contributed by atoms with Crippen molar-refractivity contribution in [1.82, 2.24) is 4.90 Å². The van der Waals surface area contributed by atoms with Crippen LogP contribution >= 0.6 is 23.8 Å². The molecule has 0 saturated carbocycles. The molecule has 0 bridgehead atoms. The van der Waals surface area contributed by atoms with E-state index < -0.39 is 5.97 Å². The second-order valence-corrected chi connectivity index (χ2v) is 5.86. The summed E-state index contributed by atoms with van der Waals surface area (Å²) in [5, 5.41) is 9.34. The maximum atomic E-state index is 11.2. The molecule has 120 valence electrons. The number of ether oxygens (including phenoxy) is 1. The first-order valence-electron chi connectivity index (χ1n) is 7.06. The lowest BCUT2D eigenvalue weighted by atomic mass is 10.1. The predicted molar refractivity (Wildman–Crippen MR) is 90.2 cm³/mol. The lowest BCUT2D eigenvalue weighted by Gasteiger charge is -2.28. The summed E-state index contributed by atoms with van der Waals surface area (Å²) in [6, 6.07) is 8.32. The van der Waals surface area contributed by atoms with Gasteiger partial charge < -0.3 is 19.2 Å². The lowest BCUT2D eigenvalue weighted by molar-refractivity contribution is 0.0688. The van der Waals surface area contributed by atoms with Crippen molar-refractivity contribution in [1.29, 1.82) is 0 Å². The molecule has 1 aliphatic heterocycles. The van der Waals surface area contributed by atoms with Crippen LogP contribution in [-0.4, -0.2) is 47.3 Å². The molecule has 0 amide bonds. The van der Waals surface area contributed by atoms with E-state index in [1.54, 1.807) is 24.3 Å². The highest BCUT2D eigenvalue weighted by molar-refractivity contribution is 7.80. The molecule has 7 heteroatoms. The molecular weight excluding hydrogens is 338 g/mol. The van der Waals surface area contributed by atoms with Gasteiger partial charge in [0.05, 0.1) is 23.8 Å². The lowest BCUT2D eigenvalue weighted by Crippen LogP contribution is -2.40. The zero-order valence-corrected chi connectivity index (χ0v) is 13.7. The number of carbonyl (C=O) groups is 1. The number of nitrogens with zero attached hydrogens (tertiary/aromatic N) is 1. The quantitative estimate of drug-likeness (QED) is 0.856. The zero-order valence-electron chi connectivity index (χ0n) is 12.1. The van der Waals surface area contributed by atoms with E-state index in [0.717, 1.165) is 13.1 Å². The average Bonchev–Trinajstić information content (AvgIpc) is 3.05. The summed E-state index contributed by atoms with van der Waals surface area (Å²) < 4.78 is 11.1. The Morgan fingerprint density at radius 3 is 2.65 bits per heavy atom. The van der Waals surface area contributed by atoms with Crippen LogP contribution in [0.1, 0.15) is 16.1 Å². The molecule has 23 heavy (non-hydrogen) atoms. The van der Waals surface area contributed by atoms with Gasteiger partial charge in [0, 0.05) is 18.7 Å². The maximum absolute atomic E-state index is 11.2. The average molecular weight is 352 g/mol. The number of carboxylic acid groups (broad SMARTS) is 1. The second kappa shape index (κ2) is 6.70. The van der Waals surface area contributed by atoms with Crippen molar-refractivity contribution < 1.29 is 19.1 Å². The summed E-state index contributed by atoms with van der Waals surface area (Å²) in [5.41, 5.74) is 0.681. The van der Waals surface area contributed by atoms with Crippen LogP contribution in [0.3, 0.4) is 0 Å². The van der Waals surface area contributed by atoms with Crippen LogP contribution in [-0.2, 0) is 4.74 Å². The topological polar surface area (TPSA) is 62.9 Å². The smallest absolute Gasteiger partial charge is 0.337 e. The number of hydrogen-bond donors (Lipinski definition) is 1. The Bertz CT molecular complexity index is 752. The number of thiocarbonyl (C=S) groups is 1. The molecule has 1 saturated heterocycles. The Morgan fingerprint density at radius 1 is 1.22 bits per heavy atom. The monoisotopic (exact) mass is 351 g/mol. The largest absolute Gasteiger partial charge is 0.478 e. The van der Waals surface area contributed by atoms with Gasteiger partial charge in [-0.3, -0.25) is 0 Å². The molecule has 3 rings (SSSR count). The van der Waals surface area contributed by atoms with Crippen LogP contribution in [0.15, 0.2) is 34.7 Å². The van der Waals surface area contributed by atoms with Gasteiger partial charge in [0.1, 0.15) is 10.7 Å². The van der Waals surface area contributed by atoms with Gasteiger partial charge in [0.25, 0.3) is 0 Å². The molecule has 1 aliphatic rings. The van der Waals surface area contributed by atoms with Crippen molar-refractivity contribution in [3.05, 3.63) is 46.7 Å². The van der Waals surface area contributed by atoms with Gasteiger partial charge in [-0.25, -0.2) is 4.79 Å². The second-order valence-electron chi connectivity index (χ2n) is 5.07. The number of halogens is 1. The third-order valence-corrected chi connectivity index (χ3v) is 4.39. The number of rotatable bonds is 3. The first kappa shape index (κ1) is 16.0. The highest BCUT2D eigenvalue weighted by Gasteiger charge is 2.19. The minimum absolute atomic E-state index is 0.0397. The first-order chi connectivity index (χ1) is 11.1. The van der Waals surface area contributed by atoms with E-state index in [1.807, 2.05) is 4.90 Å². The summed E-state index contributed by atoms with van der Waals surface area (Å²) in [7, 11) is 0. The van der Waals surface area contributed by atoms with E-state index in [2.05, 4.69) is 0 Å². The van der Waals surface area contributed by atoms with Crippen LogP contribution in [0.2, 0.25) is 5.02 Å². The fourth-order valence-corrected chi connectivity index (χ4v) is 2.86. The molecule has 2 aromatic rings. The molecule has 0 unspecified atom stereocenters. The van der Waals surface area contributed by atoms with Crippen molar-refractivity contribution in [3.63, 3.8) is 0 Å². The Morgan fingerprint density at radius 2 is 1.96 bits per heavy atom. The molecule has 1 N–H and O–H groups in total. The SMILES string of the molecule is O=C(O)c1cc(-c2ccc(C(=S)N3CCOCC3)o2)ccc1Cl. The first-order valence-corrected chi connectivity index (χ1v) is 7.85. The van der Waals surface area contributed by atoms with Crippen LogP contribution in [0.5, 0.6) is 0 Å². The van der Waals surface area contributed by atoms with Crippen LogP contribution in [0.4, 0.5) is 0 Å². The third-order valence-electron chi connectivity index (χ3n) is 3.60. The van der Waals surface area contributed by atoms with Gasteiger partial charge in [-0.15, -0.1) is 0 Å². The Kier molecular flexibility index (Phi) is 4.66. The fourth-order valence-electron chi connectivity index (χ4n) is 2.37. The number of hydrogen-bond acceptors (Lipinski definition) is 4. The van der Waals surface area contributed by atoms with E-state index in [9.17, 15) is 4.79 Å². The summed E-state index contributed by atoms with van der Waals surface area (Å²) in [6.07, 6.45) is 0. The van der Waals surface area contributed by atoms with Gasteiger partial charge in [0.15, 0.2) is 5.76 Å². The Labute approximate surface area is 143 Å². The van der Waals surface area contributed by atoms with Gasteiger partial charge in [0.2, 0.25) is 0 Å². The molecular formula is C16H14ClNO4S. The summed E-state index contributed by atoms with van der Waals surface area (Å²) in [5.74, 6) is 0.0611. The molecule has 0 aliphatic carbocycles. The Hall–Kier alpha value is -1.89. The highest BCUT2D eigenvalue weighted by Crippen LogP contribution is 2.27. The van der Waals surface area contributed by atoms with E-state index >= 15 is 0 Å². The van der Waals surface area contributed by atoms with E-state index in [0.29, 0.717) is 35.3 Å². The van der Waals surface area contributed by atoms with Crippen LogP contribution in [0.25, 0.3) is 11.3 Å². The van der Waals surface area contributed by atoms with Crippen molar-refractivity contribution in [2.75, 3.05) is 26.3 Å². The predicted octanol–water partition coefficient (Wildman–Crippen LogP) is 3.31. The van der Waals surface area contributed by atoms with Crippen LogP contribution < -0.4 is 0 Å². The molecule has 2 heterocycles. The molecule has 0 atom stereocenters. The summed E-state index contributed by atoms with van der Waals surface area (Å²) in [6.45, 7) is 2.76. The number of furan rings is 1. The van der Waals surface area contributed by atoms with Crippen molar-refractivity contribution in [2.45, 2.75) is 0 Å². The van der Waals surface area contributed by atoms with Crippen molar-refractivity contribution in [3.8, 4) is 11.3 Å². The van der Waals surface area contributed by atoms with E-state index in [-0.39, 0.29) is 10.6 Å². The van der Waals surface area contributed by atoms with Crippen molar-refractivity contribution >= 4 is 34.8 Å². The molecule has 0 spiro atoms. The zero-order chi connectivity index (χ0) is 16.4. The van der Waals surface area contributed by atoms with Gasteiger partial charge in [-0.2, -0.15) is 0 Å². The van der Waals surface area contributed by atoms with Gasteiger partial charge in [-0.05, 0) is 30.3 Å². The molecule has 1 aromatic carbocycles. The summed E-state index contributed by atoms with van der Waals surface area (Å²) in [4.78, 5) is 13.8. The molecule has 1 aromatic heterocycles. The highest BCUT2D eigenvalue weighted by atomic mass is 35.5. The number of benzene rings is 1. The minimum atomic E-state index is -1.08. The third kappa shape index (κ3) is 3.39. The standard InChI is InChI=1S/C16H14ClNO4S/c17-12-2-1-10(9-11(12)16(19)20)13-3-4-14(22-13)15(23)18-5-7-21-8-6-18/h1-4,9H,5-8H2,(H,19,20). The minimum Gasteiger partial charge on any atom is -0.478 e. The van der Waals surface area contributed by atoms with Crippen LogP contribution in [0, 0.1) is 0 Å². The normalized spacial score (nSPS) is 14.7. The summed E-state index contributed by atoms with van der Waals surface area (Å²) >= 11 is 11.3. The van der Waals surface area contributed by atoms with Gasteiger partial charge >= 0.3 is 5.97 Å². The Balaban J connectivity index is 1.85. The number of aromatic carboxylic acids is 1. The number of morpholine rings is 1. The molecule has 5 nitrogen and oxygen atoms in total. The fraction of sp³-hybridized carbons (Fsp3) is 0.250. The van der Waals surface area contributed by atoms with Gasteiger partial charge in [-0.1, -0.05) is 23.8 Å². The van der Waals surface area contributed by atoms with E-state index in [4.69, 9.17) is 38.1 Å². The number of carboxylic acids is 1. The molecule has 1 fully saturated rings. The van der Waals surface area contributed by atoms with E-state index in [1.165, 1.54) is 6.07 Å². The maximum Gasteiger partial charge on any atom is 0.337 e.